The first-order chi connectivity index (χ1) is 14.3. The van der Waals surface area contributed by atoms with Crippen molar-refractivity contribution in [3.05, 3.63) is 59.1 Å². The van der Waals surface area contributed by atoms with Crippen LogP contribution in [0.5, 0.6) is 0 Å². The molecule has 2 aliphatic rings. The fourth-order valence-electron chi connectivity index (χ4n) is 4.50. The topological polar surface area (TPSA) is 66.5 Å². The highest BCUT2D eigenvalue weighted by atomic mass is 35.5. The lowest BCUT2D eigenvalue weighted by molar-refractivity contribution is -0.132. The molecule has 2 aromatic rings. The number of carbonyl (C=O) groups excluding carboxylic acids is 1. The van der Waals surface area contributed by atoms with Crippen LogP contribution in [-0.2, 0) is 14.8 Å². The van der Waals surface area contributed by atoms with Crippen LogP contribution in [0.15, 0.2) is 48.5 Å². The first-order valence-corrected chi connectivity index (χ1v) is 12.7. The summed E-state index contributed by atoms with van der Waals surface area (Å²) in [6.45, 7) is 1.30. The van der Waals surface area contributed by atoms with E-state index >= 15 is 0 Å². The molecule has 3 atom stereocenters. The molecule has 0 spiro atoms. The molecule has 1 heterocycles. The molecule has 30 heavy (non-hydrogen) atoms. The third-order valence-corrected chi connectivity index (χ3v) is 7.06. The van der Waals surface area contributed by atoms with E-state index in [1.54, 1.807) is 0 Å². The van der Waals surface area contributed by atoms with E-state index in [9.17, 15) is 13.2 Å². The van der Waals surface area contributed by atoms with Crippen molar-refractivity contribution in [3.63, 3.8) is 0 Å². The van der Waals surface area contributed by atoms with Gasteiger partial charge in [-0.2, -0.15) is 0 Å². The van der Waals surface area contributed by atoms with Crippen LogP contribution in [0.1, 0.15) is 37.2 Å². The number of benzene rings is 2. The Balaban J connectivity index is 1.44. The van der Waals surface area contributed by atoms with Gasteiger partial charge in [0, 0.05) is 30.1 Å². The summed E-state index contributed by atoms with van der Waals surface area (Å²) in [6.07, 6.45) is 4.30. The van der Waals surface area contributed by atoms with Gasteiger partial charge >= 0.3 is 0 Å². The van der Waals surface area contributed by atoms with Gasteiger partial charge < -0.3 is 4.90 Å². The van der Waals surface area contributed by atoms with Gasteiger partial charge in [-0.15, -0.1) is 0 Å². The van der Waals surface area contributed by atoms with E-state index in [1.807, 2.05) is 41.3 Å². The predicted octanol–water partition coefficient (Wildman–Crippen LogP) is 4.04. The number of halogens is 1. The molecule has 1 amide bonds. The summed E-state index contributed by atoms with van der Waals surface area (Å²) in [6, 6.07) is 16.0. The third kappa shape index (κ3) is 5.05. The highest BCUT2D eigenvalue weighted by Gasteiger charge is 2.46. The first kappa shape index (κ1) is 21.3. The van der Waals surface area contributed by atoms with Crippen LogP contribution in [-0.4, -0.2) is 44.6 Å². The number of likely N-dealkylation sites (tertiary alicyclic amines) is 1. The standard InChI is InChI=1S/C23H27ClN2O3S/c1-30(28,29)25-18-5-4-13-26(14-12-18)23(27)22-15-21(22)20-7-3-2-6-19(20)16-8-10-17(24)11-9-16/h2-3,6-11,18,21-22,25H,4-5,12-15H2,1H3/t18-,21-,22+/m0/s1. The lowest BCUT2D eigenvalue weighted by Crippen LogP contribution is -2.36. The second-order valence-electron chi connectivity index (χ2n) is 8.39. The SMILES string of the molecule is CS(=O)(=O)N[C@H]1CCCN(C(=O)[C@@H]2C[C@H]2c2ccccc2-c2ccc(Cl)cc2)CC1. The summed E-state index contributed by atoms with van der Waals surface area (Å²) >= 11 is 6.04. The molecule has 2 fully saturated rings. The Morgan fingerprint density at radius 2 is 1.80 bits per heavy atom. The van der Waals surface area contributed by atoms with E-state index < -0.39 is 10.0 Å². The van der Waals surface area contributed by atoms with Crippen molar-refractivity contribution >= 4 is 27.5 Å². The Labute approximate surface area is 183 Å². The van der Waals surface area contributed by atoms with E-state index in [1.165, 1.54) is 11.8 Å². The summed E-state index contributed by atoms with van der Waals surface area (Å²) < 4.78 is 25.7. The van der Waals surface area contributed by atoms with Gasteiger partial charge in [-0.3, -0.25) is 4.79 Å². The minimum atomic E-state index is -3.22. The molecular formula is C23H27ClN2O3S. The molecule has 1 saturated heterocycles. The van der Waals surface area contributed by atoms with Crippen LogP contribution in [0, 0.1) is 5.92 Å². The van der Waals surface area contributed by atoms with Crippen LogP contribution in [0.2, 0.25) is 5.02 Å². The molecule has 160 valence electrons. The molecule has 1 N–H and O–H groups in total. The molecular weight excluding hydrogens is 420 g/mol. The highest BCUT2D eigenvalue weighted by Crippen LogP contribution is 2.51. The zero-order valence-electron chi connectivity index (χ0n) is 17.1. The molecule has 0 radical (unpaired) electrons. The molecule has 0 aromatic heterocycles. The quantitative estimate of drug-likeness (QED) is 0.753. The largest absolute Gasteiger partial charge is 0.342 e. The summed E-state index contributed by atoms with van der Waals surface area (Å²) in [5, 5.41) is 0.709. The van der Waals surface area contributed by atoms with Gasteiger partial charge in [-0.05, 0) is 60.4 Å². The third-order valence-electron chi connectivity index (χ3n) is 6.04. The molecule has 1 saturated carbocycles. The first-order valence-electron chi connectivity index (χ1n) is 10.4. The van der Waals surface area contributed by atoms with Crippen molar-refractivity contribution in [1.82, 2.24) is 9.62 Å². The number of carbonyl (C=O) groups is 1. The fraction of sp³-hybridized carbons (Fsp3) is 0.435. The van der Waals surface area contributed by atoms with Gasteiger partial charge in [-0.25, -0.2) is 13.1 Å². The number of amides is 1. The van der Waals surface area contributed by atoms with Crippen molar-refractivity contribution in [2.24, 2.45) is 5.92 Å². The number of nitrogens with one attached hydrogen (secondary N) is 1. The van der Waals surface area contributed by atoms with Gasteiger partial charge in [0.1, 0.15) is 0 Å². The Kier molecular flexibility index (Phi) is 6.19. The minimum absolute atomic E-state index is 0.0119. The average molecular weight is 447 g/mol. The van der Waals surface area contributed by atoms with Gasteiger partial charge in [0.15, 0.2) is 0 Å². The van der Waals surface area contributed by atoms with E-state index in [4.69, 9.17) is 11.6 Å². The predicted molar refractivity (Wildman–Crippen MR) is 120 cm³/mol. The zero-order valence-corrected chi connectivity index (χ0v) is 18.6. The van der Waals surface area contributed by atoms with E-state index in [0.29, 0.717) is 24.5 Å². The number of rotatable bonds is 5. The smallest absolute Gasteiger partial charge is 0.226 e. The Bertz CT molecular complexity index is 1020. The van der Waals surface area contributed by atoms with Crippen molar-refractivity contribution < 1.29 is 13.2 Å². The van der Waals surface area contributed by atoms with Crippen molar-refractivity contribution in [1.29, 1.82) is 0 Å². The Hall–Kier alpha value is -1.89. The monoisotopic (exact) mass is 446 g/mol. The molecule has 2 aromatic carbocycles. The summed E-state index contributed by atoms with van der Waals surface area (Å²) in [4.78, 5) is 15.1. The minimum Gasteiger partial charge on any atom is -0.342 e. The van der Waals surface area contributed by atoms with Crippen LogP contribution >= 0.6 is 11.6 Å². The lowest BCUT2D eigenvalue weighted by Gasteiger charge is -2.21. The molecule has 0 unspecified atom stereocenters. The lowest BCUT2D eigenvalue weighted by atomic mass is 9.96. The maximum absolute atomic E-state index is 13.2. The van der Waals surface area contributed by atoms with Crippen LogP contribution < -0.4 is 4.72 Å². The van der Waals surface area contributed by atoms with Gasteiger partial charge in [0.25, 0.3) is 0 Å². The second-order valence-corrected chi connectivity index (χ2v) is 10.6. The van der Waals surface area contributed by atoms with Crippen molar-refractivity contribution in [2.75, 3.05) is 19.3 Å². The van der Waals surface area contributed by atoms with Gasteiger partial charge in [0.05, 0.1) is 6.26 Å². The summed E-state index contributed by atoms with van der Waals surface area (Å²) in [5.41, 5.74) is 3.48. The van der Waals surface area contributed by atoms with Crippen molar-refractivity contribution in [3.8, 4) is 11.1 Å². The van der Waals surface area contributed by atoms with Gasteiger partial charge in [-0.1, -0.05) is 48.0 Å². The van der Waals surface area contributed by atoms with Gasteiger partial charge in [0.2, 0.25) is 15.9 Å². The van der Waals surface area contributed by atoms with E-state index in [2.05, 4.69) is 16.9 Å². The highest BCUT2D eigenvalue weighted by molar-refractivity contribution is 7.88. The number of sulfonamides is 1. The fourth-order valence-corrected chi connectivity index (χ4v) is 5.46. The summed E-state index contributed by atoms with van der Waals surface area (Å²) in [7, 11) is -3.22. The summed E-state index contributed by atoms with van der Waals surface area (Å²) in [5.74, 6) is 0.446. The van der Waals surface area contributed by atoms with Crippen LogP contribution in [0.4, 0.5) is 0 Å². The maximum Gasteiger partial charge on any atom is 0.226 e. The second kappa shape index (κ2) is 8.69. The maximum atomic E-state index is 13.2. The normalized spacial score (nSPS) is 24.3. The Morgan fingerprint density at radius 1 is 1.07 bits per heavy atom. The van der Waals surface area contributed by atoms with Crippen LogP contribution in [0.25, 0.3) is 11.1 Å². The van der Waals surface area contributed by atoms with Crippen molar-refractivity contribution in [2.45, 2.75) is 37.6 Å². The number of hydrogen-bond acceptors (Lipinski definition) is 3. The molecule has 5 nitrogen and oxygen atoms in total. The molecule has 0 bridgehead atoms. The zero-order chi connectivity index (χ0) is 21.3. The Morgan fingerprint density at radius 3 is 2.53 bits per heavy atom. The van der Waals surface area contributed by atoms with E-state index in [0.717, 1.165) is 30.4 Å². The molecule has 1 aliphatic carbocycles. The number of hydrogen-bond donors (Lipinski definition) is 1. The number of nitrogens with zero attached hydrogens (tertiary/aromatic N) is 1. The van der Waals surface area contributed by atoms with E-state index in [-0.39, 0.29) is 23.8 Å². The molecule has 4 rings (SSSR count). The molecule has 7 heteroatoms. The molecule has 1 aliphatic heterocycles. The average Bonchev–Trinajstić information content (AvgIpc) is 3.51. The van der Waals surface area contributed by atoms with Crippen LogP contribution in [0.3, 0.4) is 0 Å².